The van der Waals surface area contributed by atoms with Crippen molar-refractivity contribution >= 4 is 29.1 Å². The molecule has 0 radical (unpaired) electrons. The van der Waals surface area contributed by atoms with Crippen molar-refractivity contribution in [2.45, 2.75) is 108 Å². The van der Waals surface area contributed by atoms with Crippen LogP contribution in [0, 0.1) is 17.1 Å². The maximum atomic E-state index is 14.5. The Bertz CT molecular complexity index is 1860. The number of nitrogens with zero attached hydrogens (tertiary/aromatic N) is 1. The zero-order valence-corrected chi connectivity index (χ0v) is 31.8. The van der Waals surface area contributed by atoms with Crippen LogP contribution in [0.5, 0.6) is 0 Å². The molecule has 0 heterocycles. The molecule has 1 aromatic rings. The van der Waals surface area contributed by atoms with Gasteiger partial charge in [0.05, 0.1) is 9.81 Å². The van der Waals surface area contributed by atoms with Crippen LogP contribution in [-0.4, -0.2) is 107 Å². The Morgan fingerprint density at radius 1 is 0.358 bits per heavy atom. The topological polar surface area (TPSA) is 23.8 Å². The van der Waals surface area contributed by atoms with Crippen LogP contribution in [0.15, 0.2) is 28.5 Å². The first-order chi connectivity index (χ1) is 29.0. The van der Waals surface area contributed by atoms with Crippen LogP contribution in [0.4, 0.5) is 154 Å². The lowest BCUT2D eigenvalue weighted by molar-refractivity contribution is -0.461. The molecule has 1 aromatic carbocycles. The van der Waals surface area contributed by atoms with Gasteiger partial charge in [0.2, 0.25) is 0 Å². The van der Waals surface area contributed by atoms with E-state index in [1.807, 2.05) is 0 Å². The molecule has 1 rings (SSSR count). The molecule has 1 nitrogen and oxygen atoms in total. The summed E-state index contributed by atoms with van der Waals surface area (Å²) in [6, 6.07) is 2.22. The molecule has 0 aliphatic heterocycles. The summed E-state index contributed by atoms with van der Waals surface area (Å²) in [5.74, 6) is -126. The SMILES string of the molecule is N#CC(=C(SCCC(F)(F)C(F)(F)C(F)(F)C(F)(F)C(F)(F)C(F)(F)C(F)(F)C(F)(F)F)SCCC(F)(F)C(F)(F)C(F)(F)C(F)(F)C(F)(F)C(F)(F)C(F)(F)C(F)(F)F)c1ccc(F)cc1. The fourth-order valence-electron chi connectivity index (χ4n) is 4.28. The average molecular weight is 1100 g/mol. The number of thioether (sulfide) groups is 2. The van der Waals surface area contributed by atoms with Gasteiger partial charge >= 0.3 is 95.3 Å². The number of benzene rings is 1. The zero-order valence-electron chi connectivity index (χ0n) is 30.1. The molecular formula is C29H12F35NS2. The molecular weight excluding hydrogens is 1090 g/mol. The minimum Gasteiger partial charge on any atom is -0.207 e. The third kappa shape index (κ3) is 9.41. The molecule has 67 heavy (non-hydrogen) atoms. The van der Waals surface area contributed by atoms with Crippen molar-refractivity contribution in [3.05, 3.63) is 39.9 Å². The van der Waals surface area contributed by atoms with Gasteiger partial charge in [-0.3, -0.25) is 0 Å². The molecule has 0 saturated heterocycles. The largest absolute Gasteiger partial charge is 0.460 e. The summed E-state index contributed by atoms with van der Waals surface area (Å²) >= 11 is -1.90. The summed E-state index contributed by atoms with van der Waals surface area (Å²) in [4.78, 5) is 0. The lowest BCUT2D eigenvalue weighted by atomic mass is 9.88. The first-order valence-corrected chi connectivity index (χ1v) is 17.6. The Morgan fingerprint density at radius 3 is 0.806 bits per heavy atom. The second kappa shape index (κ2) is 17.8. The van der Waals surface area contributed by atoms with Crippen molar-refractivity contribution in [1.82, 2.24) is 0 Å². The summed E-state index contributed by atoms with van der Waals surface area (Å²) in [5.41, 5.74) is -2.35. The van der Waals surface area contributed by atoms with Crippen LogP contribution in [0.25, 0.3) is 5.57 Å². The van der Waals surface area contributed by atoms with Gasteiger partial charge in [-0.25, -0.2) is 4.39 Å². The Balaban J connectivity index is 3.72. The van der Waals surface area contributed by atoms with Crippen LogP contribution in [0.1, 0.15) is 18.4 Å². The number of hydrogen-bond donors (Lipinski definition) is 0. The first kappa shape index (κ1) is 61.7. The van der Waals surface area contributed by atoms with E-state index < -0.39 is 164 Å². The van der Waals surface area contributed by atoms with E-state index in [0.717, 1.165) is 6.07 Å². The standard InChI is InChI=1S/C29H12F35NS2/c30-11-3-1-10(2-4-11)12(9-65)13(66-7-5-14(31,32)16(35,36)18(39,40)20(43,44)22(47,48)24(51,52)26(55,56)28(59,60)61)67-8-6-15(33,34)17(37,38)19(41,42)21(45,46)23(49,50)25(53,54)27(57,58)29(62,63)64/h1-4H,5-8H2. The highest BCUT2D eigenvalue weighted by molar-refractivity contribution is 8.22. The molecule has 0 spiro atoms. The third-order valence-electron chi connectivity index (χ3n) is 8.32. The van der Waals surface area contributed by atoms with Crippen molar-refractivity contribution in [3.63, 3.8) is 0 Å². The highest BCUT2D eigenvalue weighted by Gasteiger charge is 2.97. The fraction of sp³-hybridized carbons (Fsp3) is 0.690. The summed E-state index contributed by atoms with van der Waals surface area (Å²) in [6.45, 7) is 0. The van der Waals surface area contributed by atoms with Gasteiger partial charge < -0.3 is 0 Å². The number of nitriles is 1. The van der Waals surface area contributed by atoms with E-state index in [4.69, 9.17) is 0 Å². The zero-order chi connectivity index (χ0) is 54.1. The van der Waals surface area contributed by atoms with E-state index in [1.165, 1.54) is 0 Å². The van der Waals surface area contributed by atoms with Gasteiger partial charge in [-0.15, -0.1) is 23.5 Å². The smallest absolute Gasteiger partial charge is 0.207 e. The normalized spacial score (nSPS) is 15.7. The fourth-order valence-corrected chi connectivity index (χ4v) is 6.82. The molecule has 0 atom stereocenters. The van der Waals surface area contributed by atoms with Crippen molar-refractivity contribution in [2.24, 2.45) is 0 Å². The first-order valence-electron chi connectivity index (χ1n) is 15.6. The van der Waals surface area contributed by atoms with Gasteiger partial charge in [-0.2, -0.15) is 155 Å². The molecule has 0 saturated carbocycles. The Labute approximate surface area is 354 Å². The summed E-state index contributed by atoms with van der Waals surface area (Å²) in [7, 11) is 0. The molecule has 0 aliphatic carbocycles. The predicted molar refractivity (Wildman–Crippen MR) is 154 cm³/mol. The monoisotopic (exact) mass is 1100 g/mol. The molecule has 0 N–H and O–H groups in total. The second-order valence-electron chi connectivity index (χ2n) is 12.8. The number of rotatable bonds is 21. The van der Waals surface area contributed by atoms with Gasteiger partial charge in [-0.1, -0.05) is 12.1 Å². The Hall–Kier alpha value is -3.30. The maximum absolute atomic E-state index is 14.5. The molecule has 0 aromatic heterocycles. The number of allylic oxidation sites excluding steroid dienone is 1. The van der Waals surface area contributed by atoms with Crippen molar-refractivity contribution < 1.29 is 154 Å². The van der Waals surface area contributed by atoms with E-state index in [1.54, 1.807) is 0 Å². The van der Waals surface area contributed by atoms with Crippen LogP contribution in [-0.2, 0) is 0 Å². The number of halogens is 35. The van der Waals surface area contributed by atoms with Crippen molar-refractivity contribution in [3.8, 4) is 6.07 Å². The molecule has 0 unspecified atom stereocenters. The summed E-state index contributed by atoms with van der Waals surface area (Å²) in [5, 5.41) is 9.45. The van der Waals surface area contributed by atoms with Gasteiger partial charge in [-0.05, 0) is 17.7 Å². The van der Waals surface area contributed by atoms with Gasteiger partial charge in [0.1, 0.15) is 11.9 Å². The molecule has 0 fully saturated rings. The van der Waals surface area contributed by atoms with Crippen molar-refractivity contribution in [1.29, 1.82) is 5.26 Å². The summed E-state index contributed by atoms with van der Waals surface area (Å²) < 4.78 is 474. The van der Waals surface area contributed by atoms with Gasteiger partial charge in [0, 0.05) is 24.3 Å². The van der Waals surface area contributed by atoms with E-state index in [9.17, 15) is 159 Å². The van der Waals surface area contributed by atoms with Crippen LogP contribution >= 0.6 is 23.5 Å². The highest BCUT2D eigenvalue weighted by Crippen LogP contribution is 2.66. The second-order valence-corrected chi connectivity index (χ2v) is 15.2. The quantitative estimate of drug-likeness (QED) is 0.0905. The minimum atomic E-state index is -9.06. The van der Waals surface area contributed by atoms with E-state index in [0.29, 0.717) is 24.3 Å². The van der Waals surface area contributed by atoms with E-state index in [2.05, 4.69) is 0 Å². The van der Waals surface area contributed by atoms with Crippen LogP contribution in [0.3, 0.4) is 0 Å². The number of alkyl halides is 34. The average Bonchev–Trinajstić information content (AvgIpc) is 3.13. The maximum Gasteiger partial charge on any atom is 0.460 e. The lowest BCUT2D eigenvalue weighted by Crippen LogP contribution is -2.74. The Morgan fingerprint density at radius 2 is 0.582 bits per heavy atom. The van der Waals surface area contributed by atoms with E-state index in [-0.39, 0.29) is 0 Å². The van der Waals surface area contributed by atoms with Crippen molar-refractivity contribution in [2.75, 3.05) is 11.5 Å². The predicted octanol–water partition coefficient (Wildman–Crippen LogP) is 15.3. The minimum absolute atomic E-state index is 0.293. The molecule has 0 aliphatic rings. The molecule has 38 heteroatoms. The van der Waals surface area contributed by atoms with E-state index >= 15 is 0 Å². The highest BCUT2D eigenvalue weighted by atomic mass is 32.2. The number of hydrogen-bond acceptors (Lipinski definition) is 3. The van der Waals surface area contributed by atoms with Crippen LogP contribution < -0.4 is 0 Å². The third-order valence-corrected chi connectivity index (χ3v) is 10.8. The Kier molecular flexibility index (Phi) is 16.4. The van der Waals surface area contributed by atoms with Gasteiger partial charge in [0.25, 0.3) is 0 Å². The van der Waals surface area contributed by atoms with Crippen LogP contribution in [0.2, 0.25) is 0 Å². The molecule has 0 amide bonds. The molecule has 390 valence electrons. The van der Waals surface area contributed by atoms with Gasteiger partial charge in [0.15, 0.2) is 0 Å². The lowest BCUT2D eigenvalue weighted by Gasteiger charge is -2.42. The summed E-state index contributed by atoms with van der Waals surface area (Å²) in [6.07, 6.45) is -22.9. The molecule has 0 bridgehead atoms.